The Labute approximate surface area is 133 Å². The Bertz CT molecular complexity index is 574. The molecule has 3 heteroatoms. The van der Waals surface area contributed by atoms with Gasteiger partial charge in [0.25, 0.3) is 0 Å². The maximum atomic E-state index is 6.20. The summed E-state index contributed by atoms with van der Waals surface area (Å²) in [6.45, 7) is 9.84. The fourth-order valence-electron chi connectivity index (χ4n) is 2.95. The summed E-state index contributed by atoms with van der Waals surface area (Å²) in [4.78, 5) is 0. The first kappa shape index (κ1) is 16.4. The molecule has 1 heterocycles. The van der Waals surface area contributed by atoms with Crippen molar-refractivity contribution in [2.75, 3.05) is 6.54 Å². The first-order valence-corrected chi connectivity index (χ1v) is 8.51. The zero-order valence-electron chi connectivity index (χ0n) is 13.5. The molecule has 0 aliphatic carbocycles. The highest BCUT2D eigenvalue weighted by Crippen LogP contribution is 2.26. The van der Waals surface area contributed by atoms with Crippen molar-refractivity contribution in [1.82, 2.24) is 9.88 Å². The van der Waals surface area contributed by atoms with E-state index in [-0.39, 0.29) is 0 Å². The van der Waals surface area contributed by atoms with Gasteiger partial charge in [0.15, 0.2) is 0 Å². The number of fused-ring (bicyclic) bond motifs is 1. The molecule has 0 aliphatic rings. The van der Waals surface area contributed by atoms with E-state index in [0.717, 1.165) is 31.1 Å². The molecule has 0 aliphatic heterocycles. The van der Waals surface area contributed by atoms with E-state index in [1.54, 1.807) is 0 Å². The Morgan fingerprint density at radius 2 is 2.05 bits per heavy atom. The van der Waals surface area contributed by atoms with Crippen LogP contribution in [-0.2, 0) is 13.1 Å². The zero-order valence-corrected chi connectivity index (χ0v) is 14.2. The van der Waals surface area contributed by atoms with Crippen molar-refractivity contribution >= 4 is 22.5 Å². The third kappa shape index (κ3) is 4.24. The number of rotatable bonds is 8. The standard InChI is InChI=1S/C18H27ClN2/c1-4-6-14(3)12-21-13-15(11-20-9-5-2)17-8-7-16(19)10-18(17)21/h7-8,10,13-14,20H,4-6,9,11-12H2,1-3H3. The quantitative estimate of drug-likeness (QED) is 0.661. The minimum Gasteiger partial charge on any atom is -0.347 e. The molecule has 2 aromatic rings. The second-order valence-electron chi connectivity index (χ2n) is 6.04. The van der Waals surface area contributed by atoms with Crippen molar-refractivity contribution in [1.29, 1.82) is 0 Å². The second-order valence-corrected chi connectivity index (χ2v) is 6.48. The van der Waals surface area contributed by atoms with Gasteiger partial charge < -0.3 is 9.88 Å². The van der Waals surface area contributed by atoms with Gasteiger partial charge in [-0.05, 0) is 43.0 Å². The number of nitrogens with one attached hydrogen (secondary N) is 1. The molecule has 0 saturated carbocycles. The van der Waals surface area contributed by atoms with Crippen molar-refractivity contribution in [2.45, 2.75) is 53.1 Å². The van der Waals surface area contributed by atoms with Crippen molar-refractivity contribution in [3.63, 3.8) is 0 Å². The summed E-state index contributed by atoms with van der Waals surface area (Å²) in [6, 6.07) is 6.24. The van der Waals surface area contributed by atoms with E-state index in [4.69, 9.17) is 11.6 Å². The first-order chi connectivity index (χ1) is 10.2. The monoisotopic (exact) mass is 306 g/mol. The van der Waals surface area contributed by atoms with E-state index in [2.05, 4.69) is 49.0 Å². The molecule has 116 valence electrons. The maximum Gasteiger partial charge on any atom is 0.0498 e. The lowest BCUT2D eigenvalue weighted by Crippen LogP contribution is -2.13. The Kier molecular flexibility index (Phi) is 6.13. The molecule has 0 spiro atoms. The van der Waals surface area contributed by atoms with Gasteiger partial charge in [-0.1, -0.05) is 44.9 Å². The van der Waals surface area contributed by atoms with Crippen LogP contribution >= 0.6 is 11.6 Å². The molecule has 0 bridgehead atoms. The average Bonchev–Trinajstić information content (AvgIpc) is 2.77. The van der Waals surface area contributed by atoms with Gasteiger partial charge in [0.2, 0.25) is 0 Å². The molecule has 2 nitrogen and oxygen atoms in total. The number of hydrogen-bond donors (Lipinski definition) is 1. The number of aromatic nitrogens is 1. The Balaban J connectivity index is 2.28. The van der Waals surface area contributed by atoms with E-state index in [1.165, 1.54) is 29.3 Å². The van der Waals surface area contributed by atoms with Crippen molar-refractivity contribution in [3.05, 3.63) is 35.0 Å². The Morgan fingerprint density at radius 1 is 1.24 bits per heavy atom. The summed E-state index contributed by atoms with van der Waals surface area (Å²) in [5, 5.41) is 5.65. The van der Waals surface area contributed by atoms with Crippen LogP contribution < -0.4 is 5.32 Å². The molecule has 1 atom stereocenters. The van der Waals surface area contributed by atoms with Crippen molar-refractivity contribution in [2.24, 2.45) is 5.92 Å². The van der Waals surface area contributed by atoms with Gasteiger partial charge >= 0.3 is 0 Å². The van der Waals surface area contributed by atoms with Gasteiger partial charge in [-0.15, -0.1) is 0 Å². The third-order valence-corrected chi connectivity index (χ3v) is 4.19. The van der Waals surface area contributed by atoms with E-state index in [1.807, 2.05) is 6.07 Å². The topological polar surface area (TPSA) is 17.0 Å². The number of halogens is 1. The number of hydrogen-bond acceptors (Lipinski definition) is 1. The summed E-state index contributed by atoms with van der Waals surface area (Å²) < 4.78 is 2.38. The first-order valence-electron chi connectivity index (χ1n) is 8.13. The van der Waals surface area contributed by atoms with Gasteiger partial charge in [0.05, 0.1) is 0 Å². The van der Waals surface area contributed by atoms with Crippen LogP contribution in [-0.4, -0.2) is 11.1 Å². The molecule has 1 unspecified atom stereocenters. The molecule has 1 aromatic carbocycles. The molecular formula is C18H27ClN2. The Hall–Kier alpha value is -0.990. The minimum absolute atomic E-state index is 0.695. The normalized spacial score (nSPS) is 13.0. The average molecular weight is 307 g/mol. The van der Waals surface area contributed by atoms with Gasteiger partial charge in [-0.2, -0.15) is 0 Å². The highest BCUT2D eigenvalue weighted by atomic mass is 35.5. The summed E-state index contributed by atoms with van der Waals surface area (Å²) >= 11 is 6.20. The predicted octanol–water partition coefficient (Wildman–Crippen LogP) is 5.23. The molecule has 21 heavy (non-hydrogen) atoms. The van der Waals surface area contributed by atoms with Crippen LogP contribution in [0.2, 0.25) is 5.02 Å². The molecule has 2 rings (SSSR count). The van der Waals surface area contributed by atoms with Gasteiger partial charge in [0, 0.05) is 35.2 Å². The van der Waals surface area contributed by atoms with Crippen LogP contribution in [0.15, 0.2) is 24.4 Å². The van der Waals surface area contributed by atoms with Crippen molar-refractivity contribution in [3.8, 4) is 0 Å². The van der Waals surface area contributed by atoms with E-state index in [9.17, 15) is 0 Å². The lowest BCUT2D eigenvalue weighted by Gasteiger charge is -2.12. The minimum atomic E-state index is 0.695. The Morgan fingerprint density at radius 3 is 2.76 bits per heavy atom. The highest BCUT2D eigenvalue weighted by molar-refractivity contribution is 6.31. The van der Waals surface area contributed by atoms with Crippen LogP contribution in [0, 0.1) is 5.92 Å². The van der Waals surface area contributed by atoms with E-state index in [0.29, 0.717) is 5.92 Å². The van der Waals surface area contributed by atoms with Crippen LogP contribution in [0.3, 0.4) is 0 Å². The molecular weight excluding hydrogens is 280 g/mol. The van der Waals surface area contributed by atoms with Gasteiger partial charge in [0.1, 0.15) is 0 Å². The fourth-order valence-corrected chi connectivity index (χ4v) is 3.12. The lowest BCUT2D eigenvalue weighted by atomic mass is 10.1. The van der Waals surface area contributed by atoms with Crippen molar-refractivity contribution < 1.29 is 0 Å². The maximum absolute atomic E-state index is 6.20. The zero-order chi connectivity index (χ0) is 15.2. The van der Waals surface area contributed by atoms with Crippen LogP contribution in [0.25, 0.3) is 10.9 Å². The number of nitrogens with zero attached hydrogens (tertiary/aromatic N) is 1. The largest absolute Gasteiger partial charge is 0.347 e. The fraction of sp³-hybridized carbons (Fsp3) is 0.556. The summed E-state index contributed by atoms with van der Waals surface area (Å²) in [7, 11) is 0. The van der Waals surface area contributed by atoms with Crippen LogP contribution in [0.1, 0.15) is 45.6 Å². The molecule has 1 aromatic heterocycles. The molecule has 0 fully saturated rings. The molecule has 1 N–H and O–H groups in total. The van der Waals surface area contributed by atoms with Gasteiger partial charge in [-0.25, -0.2) is 0 Å². The molecule has 0 saturated heterocycles. The smallest absolute Gasteiger partial charge is 0.0498 e. The predicted molar refractivity (Wildman–Crippen MR) is 93.0 cm³/mol. The number of benzene rings is 1. The molecule has 0 radical (unpaired) electrons. The van der Waals surface area contributed by atoms with E-state index < -0.39 is 0 Å². The summed E-state index contributed by atoms with van der Waals surface area (Å²) in [6.07, 6.45) is 5.98. The SMILES string of the molecule is CCCNCc1cn(CC(C)CCC)c2cc(Cl)ccc12. The third-order valence-electron chi connectivity index (χ3n) is 3.96. The summed E-state index contributed by atoms with van der Waals surface area (Å²) in [5.74, 6) is 0.695. The highest BCUT2D eigenvalue weighted by Gasteiger charge is 2.11. The van der Waals surface area contributed by atoms with Crippen LogP contribution in [0.4, 0.5) is 0 Å². The lowest BCUT2D eigenvalue weighted by molar-refractivity contribution is 0.452. The second kappa shape index (κ2) is 7.86. The van der Waals surface area contributed by atoms with Crippen LogP contribution in [0.5, 0.6) is 0 Å². The van der Waals surface area contributed by atoms with E-state index >= 15 is 0 Å². The molecule has 0 amide bonds. The summed E-state index contributed by atoms with van der Waals surface area (Å²) in [5.41, 5.74) is 2.64. The van der Waals surface area contributed by atoms with Gasteiger partial charge in [-0.3, -0.25) is 0 Å².